The second-order valence-corrected chi connectivity index (χ2v) is 8.54. The lowest BCUT2D eigenvalue weighted by Gasteiger charge is -2.29. The summed E-state index contributed by atoms with van der Waals surface area (Å²) in [5, 5.41) is 2.97. The van der Waals surface area contributed by atoms with Gasteiger partial charge in [-0.2, -0.15) is 0 Å². The number of carbonyl (C=O) groups is 2. The Labute approximate surface area is 187 Å². The SMILES string of the molecule is CC[C@H](C)NC(=O)[C@@H](C)N(Cc1ccc(Br)cc1)C(=O)COc1cccc(C)c1C. The Morgan fingerprint density at radius 3 is 2.40 bits per heavy atom. The van der Waals surface area contributed by atoms with Crippen molar-refractivity contribution in [2.75, 3.05) is 6.61 Å². The Morgan fingerprint density at radius 1 is 1.10 bits per heavy atom. The van der Waals surface area contributed by atoms with E-state index in [9.17, 15) is 9.59 Å². The molecule has 2 atom stereocenters. The summed E-state index contributed by atoms with van der Waals surface area (Å²) >= 11 is 3.43. The molecule has 0 aliphatic rings. The van der Waals surface area contributed by atoms with Gasteiger partial charge < -0.3 is 15.0 Å². The molecule has 2 rings (SSSR count). The number of amides is 2. The predicted octanol–water partition coefficient (Wildman–Crippen LogP) is 4.78. The van der Waals surface area contributed by atoms with Crippen LogP contribution in [-0.4, -0.2) is 35.4 Å². The molecule has 2 amide bonds. The third-order valence-corrected chi connectivity index (χ3v) is 5.87. The minimum absolute atomic E-state index is 0.0516. The van der Waals surface area contributed by atoms with Crippen LogP contribution in [0.15, 0.2) is 46.9 Å². The van der Waals surface area contributed by atoms with Gasteiger partial charge in [-0.3, -0.25) is 9.59 Å². The number of halogens is 1. The van der Waals surface area contributed by atoms with E-state index in [-0.39, 0.29) is 24.5 Å². The Kier molecular flexibility index (Phi) is 8.90. The van der Waals surface area contributed by atoms with Crippen LogP contribution in [0.1, 0.15) is 43.9 Å². The minimum atomic E-state index is -0.614. The smallest absolute Gasteiger partial charge is 0.261 e. The number of nitrogens with one attached hydrogen (secondary N) is 1. The normalized spacial score (nSPS) is 12.7. The summed E-state index contributed by atoms with van der Waals surface area (Å²) in [6.45, 7) is 9.90. The Bertz CT molecular complexity index is 867. The molecule has 2 aromatic carbocycles. The molecule has 2 aromatic rings. The number of hydrogen-bond acceptors (Lipinski definition) is 3. The molecule has 0 heterocycles. The standard InChI is InChI=1S/C24H31BrN2O3/c1-6-17(3)26-24(29)19(5)27(14-20-10-12-21(25)13-11-20)23(28)15-30-22-9-7-8-16(2)18(22)4/h7-13,17,19H,6,14-15H2,1-5H3,(H,26,29)/t17-,19+/m0/s1. The van der Waals surface area contributed by atoms with Gasteiger partial charge in [-0.25, -0.2) is 0 Å². The maximum atomic E-state index is 13.1. The topological polar surface area (TPSA) is 58.6 Å². The zero-order chi connectivity index (χ0) is 22.3. The van der Waals surface area contributed by atoms with E-state index in [0.29, 0.717) is 12.3 Å². The second kappa shape index (κ2) is 11.2. The molecule has 0 aliphatic heterocycles. The molecule has 162 valence electrons. The Hall–Kier alpha value is -2.34. The summed E-state index contributed by atoms with van der Waals surface area (Å²) < 4.78 is 6.78. The first-order chi connectivity index (χ1) is 14.2. The first kappa shape index (κ1) is 23.9. The molecule has 0 bridgehead atoms. The van der Waals surface area contributed by atoms with Crippen LogP contribution in [0.3, 0.4) is 0 Å². The Morgan fingerprint density at radius 2 is 1.77 bits per heavy atom. The van der Waals surface area contributed by atoms with Crippen LogP contribution in [0, 0.1) is 13.8 Å². The first-order valence-corrected chi connectivity index (χ1v) is 11.1. The zero-order valence-electron chi connectivity index (χ0n) is 18.4. The summed E-state index contributed by atoms with van der Waals surface area (Å²) in [5.74, 6) is 0.288. The molecule has 0 unspecified atom stereocenters. The van der Waals surface area contributed by atoms with E-state index < -0.39 is 6.04 Å². The highest BCUT2D eigenvalue weighted by molar-refractivity contribution is 9.10. The van der Waals surface area contributed by atoms with Crippen LogP contribution >= 0.6 is 15.9 Å². The van der Waals surface area contributed by atoms with E-state index in [1.54, 1.807) is 11.8 Å². The molecule has 0 saturated heterocycles. The van der Waals surface area contributed by atoms with Crippen molar-refractivity contribution in [2.24, 2.45) is 0 Å². The van der Waals surface area contributed by atoms with Gasteiger partial charge in [0, 0.05) is 17.1 Å². The lowest BCUT2D eigenvalue weighted by molar-refractivity contribution is -0.142. The quantitative estimate of drug-likeness (QED) is 0.568. The highest BCUT2D eigenvalue weighted by Gasteiger charge is 2.27. The number of aryl methyl sites for hydroxylation is 1. The van der Waals surface area contributed by atoms with Gasteiger partial charge in [-0.1, -0.05) is 47.1 Å². The molecule has 5 nitrogen and oxygen atoms in total. The molecular formula is C24H31BrN2O3. The summed E-state index contributed by atoms with van der Waals surface area (Å²) in [4.78, 5) is 27.4. The van der Waals surface area contributed by atoms with Crippen molar-refractivity contribution in [3.05, 3.63) is 63.6 Å². The lowest BCUT2D eigenvalue weighted by atomic mass is 10.1. The fourth-order valence-corrected chi connectivity index (χ4v) is 3.20. The third-order valence-electron chi connectivity index (χ3n) is 5.34. The molecule has 0 saturated carbocycles. The van der Waals surface area contributed by atoms with Gasteiger partial charge in [0.15, 0.2) is 6.61 Å². The molecule has 0 radical (unpaired) electrons. The second-order valence-electron chi connectivity index (χ2n) is 7.63. The molecule has 0 aliphatic carbocycles. The van der Waals surface area contributed by atoms with Crippen molar-refractivity contribution in [3.63, 3.8) is 0 Å². The fraction of sp³-hybridized carbons (Fsp3) is 0.417. The maximum absolute atomic E-state index is 13.1. The number of nitrogens with zero attached hydrogens (tertiary/aromatic N) is 1. The number of benzene rings is 2. The molecular weight excluding hydrogens is 444 g/mol. The average molecular weight is 475 g/mol. The maximum Gasteiger partial charge on any atom is 0.261 e. The van der Waals surface area contributed by atoms with Gasteiger partial charge >= 0.3 is 0 Å². The van der Waals surface area contributed by atoms with Crippen molar-refractivity contribution >= 4 is 27.7 Å². The van der Waals surface area contributed by atoms with E-state index in [1.807, 2.05) is 70.2 Å². The number of hydrogen-bond donors (Lipinski definition) is 1. The molecule has 0 aromatic heterocycles. The van der Waals surface area contributed by atoms with Gasteiger partial charge in [-0.15, -0.1) is 0 Å². The van der Waals surface area contributed by atoms with Gasteiger partial charge in [0.05, 0.1) is 0 Å². The average Bonchev–Trinajstić information content (AvgIpc) is 2.73. The van der Waals surface area contributed by atoms with Gasteiger partial charge in [0.2, 0.25) is 5.91 Å². The summed E-state index contributed by atoms with van der Waals surface area (Å²) in [6.07, 6.45) is 0.828. The highest BCUT2D eigenvalue weighted by atomic mass is 79.9. The van der Waals surface area contributed by atoms with E-state index in [2.05, 4.69) is 21.2 Å². The number of rotatable bonds is 9. The monoisotopic (exact) mass is 474 g/mol. The lowest BCUT2D eigenvalue weighted by Crippen LogP contribution is -2.50. The van der Waals surface area contributed by atoms with Crippen LogP contribution in [0.5, 0.6) is 5.75 Å². The molecule has 0 spiro atoms. The van der Waals surface area contributed by atoms with E-state index in [4.69, 9.17) is 4.74 Å². The summed E-state index contributed by atoms with van der Waals surface area (Å²) in [6, 6.07) is 12.9. The largest absolute Gasteiger partial charge is 0.483 e. The Balaban J connectivity index is 2.17. The van der Waals surface area contributed by atoms with Crippen molar-refractivity contribution in [1.82, 2.24) is 10.2 Å². The van der Waals surface area contributed by atoms with Gasteiger partial charge in [-0.05, 0) is 69.0 Å². The first-order valence-electron chi connectivity index (χ1n) is 10.3. The van der Waals surface area contributed by atoms with Crippen molar-refractivity contribution in [3.8, 4) is 5.75 Å². The van der Waals surface area contributed by atoms with Crippen LogP contribution in [0.2, 0.25) is 0 Å². The number of ether oxygens (including phenoxy) is 1. The minimum Gasteiger partial charge on any atom is -0.483 e. The fourth-order valence-electron chi connectivity index (χ4n) is 2.94. The van der Waals surface area contributed by atoms with Gasteiger partial charge in [0.1, 0.15) is 11.8 Å². The molecule has 6 heteroatoms. The molecule has 30 heavy (non-hydrogen) atoms. The zero-order valence-corrected chi connectivity index (χ0v) is 20.0. The van der Waals surface area contributed by atoms with E-state index >= 15 is 0 Å². The summed E-state index contributed by atoms with van der Waals surface area (Å²) in [5.41, 5.74) is 3.06. The van der Waals surface area contributed by atoms with E-state index in [1.165, 1.54) is 0 Å². The van der Waals surface area contributed by atoms with Crippen LogP contribution in [-0.2, 0) is 16.1 Å². The van der Waals surface area contributed by atoms with Crippen molar-refractivity contribution in [1.29, 1.82) is 0 Å². The summed E-state index contributed by atoms with van der Waals surface area (Å²) in [7, 11) is 0. The van der Waals surface area contributed by atoms with Gasteiger partial charge in [0.25, 0.3) is 5.91 Å². The predicted molar refractivity (Wildman–Crippen MR) is 123 cm³/mol. The molecule has 1 N–H and O–H groups in total. The molecule has 0 fully saturated rings. The van der Waals surface area contributed by atoms with Crippen LogP contribution in [0.25, 0.3) is 0 Å². The van der Waals surface area contributed by atoms with Crippen LogP contribution in [0.4, 0.5) is 0 Å². The van der Waals surface area contributed by atoms with Crippen molar-refractivity contribution in [2.45, 2.75) is 59.7 Å². The third kappa shape index (κ3) is 6.59. The highest BCUT2D eigenvalue weighted by Crippen LogP contribution is 2.21. The van der Waals surface area contributed by atoms with Crippen molar-refractivity contribution < 1.29 is 14.3 Å². The number of carbonyl (C=O) groups excluding carboxylic acids is 2. The van der Waals surface area contributed by atoms with Crippen LogP contribution < -0.4 is 10.1 Å². The van der Waals surface area contributed by atoms with E-state index in [0.717, 1.165) is 27.6 Å².